The van der Waals surface area contributed by atoms with Gasteiger partial charge in [-0.2, -0.15) is 0 Å². The molecule has 0 unspecified atom stereocenters. The second-order valence-corrected chi connectivity index (χ2v) is 4.22. The summed E-state index contributed by atoms with van der Waals surface area (Å²) in [6.07, 6.45) is 0. The first-order chi connectivity index (χ1) is 7.54. The summed E-state index contributed by atoms with van der Waals surface area (Å²) in [5.41, 5.74) is 0. The summed E-state index contributed by atoms with van der Waals surface area (Å²) in [7, 11) is 0. The molecular formula is C8H2Cl4N4. The molecule has 0 aliphatic rings. The van der Waals surface area contributed by atoms with Crippen LogP contribution in [0.15, 0.2) is 12.1 Å². The number of nitrogens with zero attached hydrogens (tertiary/aromatic N) is 4. The zero-order valence-electron chi connectivity index (χ0n) is 7.46. The van der Waals surface area contributed by atoms with Gasteiger partial charge in [-0.15, -0.1) is 0 Å². The van der Waals surface area contributed by atoms with Crippen molar-refractivity contribution in [1.82, 2.24) is 19.9 Å². The number of halogens is 4. The highest BCUT2D eigenvalue weighted by molar-refractivity contribution is 6.34. The normalized spacial score (nSPS) is 10.5. The van der Waals surface area contributed by atoms with Gasteiger partial charge in [-0.1, -0.05) is 46.4 Å². The molecule has 0 N–H and O–H groups in total. The number of rotatable bonds is 1. The SMILES string of the molecule is Clc1cc(Cl)nc(-c2nc(Cl)cc(Cl)n2)n1. The Hall–Kier alpha value is -0.680. The van der Waals surface area contributed by atoms with Gasteiger partial charge in [-0.25, -0.2) is 19.9 Å². The minimum Gasteiger partial charge on any atom is -0.213 e. The second kappa shape index (κ2) is 4.67. The number of hydrogen-bond donors (Lipinski definition) is 0. The average molecular weight is 296 g/mol. The molecule has 0 aliphatic heterocycles. The second-order valence-electron chi connectivity index (χ2n) is 2.67. The van der Waals surface area contributed by atoms with Crippen LogP contribution in [0.1, 0.15) is 0 Å². The van der Waals surface area contributed by atoms with Crippen molar-refractivity contribution in [3.8, 4) is 11.6 Å². The van der Waals surface area contributed by atoms with Crippen LogP contribution in [0, 0.1) is 0 Å². The first kappa shape index (κ1) is 11.8. The van der Waals surface area contributed by atoms with E-state index >= 15 is 0 Å². The molecule has 0 aromatic carbocycles. The Morgan fingerprint density at radius 3 is 1.06 bits per heavy atom. The van der Waals surface area contributed by atoms with Crippen LogP contribution in [-0.4, -0.2) is 19.9 Å². The largest absolute Gasteiger partial charge is 0.213 e. The molecule has 0 fully saturated rings. The van der Waals surface area contributed by atoms with E-state index in [2.05, 4.69) is 19.9 Å². The van der Waals surface area contributed by atoms with Crippen LogP contribution < -0.4 is 0 Å². The Morgan fingerprint density at radius 1 is 0.562 bits per heavy atom. The Bertz CT molecular complexity index is 456. The van der Waals surface area contributed by atoms with Gasteiger partial charge in [0, 0.05) is 12.1 Å². The fourth-order valence-electron chi connectivity index (χ4n) is 0.980. The predicted molar refractivity (Wildman–Crippen MR) is 63.1 cm³/mol. The molecular weight excluding hydrogens is 294 g/mol. The van der Waals surface area contributed by atoms with Crippen molar-refractivity contribution >= 4 is 46.4 Å². The Labute approximate surface area is 111 Å². The maximum atomic E-state index is 5.72. The van der Waals surface area contributed by atoms with Gasteiger partial charge in [0.05, 0.1) is 0 Å². The monoisotopic (exact) mass is 294 g/mol. The molecule has 4 nitrogen and oxygen atoms in total. The highest BCUT2D eigenvalue weighted by Crippen LogP contribution is 2.20. The summed E-state index contributed by atoms with van der Waals surface area (Å²) < 4.78 is 0. The molecule has 2 aromatic heterocycles. The number of hydrogen-bond acceptors (Lipinski definition) is 4. The molecule has 82 valence electrons. The molecule has 0 aliphatic carbocycles. The highest BCUT2D eigenvalue weighted by Gasteiger charge is 2.10. The zero-order valence-corrected chi connectivity index (χ0v) is 10.5. The molecule has 0 saturated carbocycles. The fourth-order valence-corrected chi connectivity index (χ4v) is 1.83. The lowest BCUT2D eigenvalue weighted by molar-refractivity contribution is 1.08. The van der Waals surface area contributed by atoms with E-state index in [1.165, 1.54) is 12.1 Å². The van der Waals surface area contributed by atoms with E-state index in [0.29, 0.717) is 0 Å². The molecule has 8 heteroatoms. The zero-order chi connectivity index (χ0) is 11.7. The van der Waals surface area contributed by atoms with E-state index in [9.17, 15) is 0 Å². The Morgan fingerprint density at radius 2 is 0.812 bits per heavy atom. The van der Waals surface area contributed by atoms with Gasteiger partial charge in [0.15, 0.2) is 0 Å². The molecule has 0 saturated heterocycles. The maximum Gasteiger partial charge on any atom is 0.200 e. The molecule has 2 heterocycles. The number of aromatic nitrogens is 4. The standard InChI is InChI=1S/C8H2Cl4N4/c9-3-1-4(10)14-7(13-3)8-15-5(11)2-6(12)16-8/h1-2H. The summed E-state index contributed by atoms with van der Waals surface area (Å²) >= 11 is 22.9. The van der Waals surface area contributed by atoms with Crippen LogP contribution in [0.3, 0.4) is 0 Å². The van der Waals surface area contributed by atoms with Crippen LogP contribution in [0.2, 0.25) is 20.6 Å². The van der Waals surface area contributed by atoms with Crippen LogP contribution in [0.25, 0.3) is 11.6 Å². The first-order valence-electron chi connectivity index (χ1n) is 3.95. The minimum atomic E-state index is 0.168. The summed E-state index contributed by atoms with van der Waals surface area (Å²) in [6.45, 7) is 0. The van der Waals surface area contributed by atoms with Gasteiger partial charge < -0.3 is 0 Å². The molecule has 2 aromatic rings. The quantitative estimate of drug-likeness (QED) is 0.755. The van der Waals surface area contributed by atoms with E-state index in [1.807, 2.05) is 0 Å². The third kappa shape index (κ3) is 2.71. The lowest BCUT2D eigenvalue weighted by Gasteiger charge is -2.01. The van der Waals surface area contributed by atoms with Crippen LogP contribution >= 0.6 is 46.4 Å². The van der Waals surface area contributed by atoms with E-state index in [1.54, 1.807) is 0 Å². The molecule has 0 spiro atoms. The van der Waals surface area contributed by atoms with Gasteiger partial charge in [-0.05, 0) is 0 Å². The van der Waals surface area contributed by atoms with E-state index in [-0.39, 0.29) is 32.3 Å². The maximum absolute atomic E-state index is 5.72. The van der Waals surface area contributed by atoms with Crippen molar-refractivity contribution in [2.45, 2.75) is 0 Å². The lowest BCUT2D eigenvalue weighted by atomic mass is 10.5. The average Bonchev–Trinajstić information content (AvgIpc) is 2.14. The smallest absolute Gasteiger partial charge is 0.200 e. The van der Waals surface area contributed by atoms with Crippen molar-refractivity contribution in [2.24, 2.45) is 0 Å². The van der Waals surface area contributed by atoms with Gasteiger partial charge in [0.1, 0.15) is 20.6 Å². The van der Waals surface area contributed by atoms with Gasteiger partial charge in [0.2, 0.25) is 11.6 Å². The van der Waals surface area contributed by atoms with E-state index in [4.69, 9.17) is 46.4 Å². The summed E-state index contributed by atoms with van der Waals surface area (Å²) in [4.78, 5) is 15.7. The van der Waals surface area contributed by atoms with Crippen molar-refractivity contribution in [3.05, 3.63) is 32.7 Å². The highest BCUT2D eigenvalue weighted by atomic mass is 35.5. The third-order valence-electron chi connectivity index (χ3n) is 1.53. The molecule has 2 rings (SSSR count). The van der Waals surface area contributed by atoms with Crippen molar-refractivity contribution < 1.29 is 0 Å². The Kier molecular flexibility index (Phi) is 3.44. The van der Waals surface area contributed by atoms with Gasteiger partial charge in [-0.3, -0.25) is 0 Å². The summed E-state index contributed by atoms with van der Waals surface area (Å²) in [5.74, 6) is 0.337. The van der Waals surface area contributed by atoms with Crippen molar-refractivity contribution in [2.75, 3.05) is 0 Å². The van der Waals surface area contributed by atoms with E-state index in [0.717, 1.165) is 0 Å². The predicted octanol–water partition coefficient (Wildman–Crippen LogP) is 3.55. The molecule has 16 heavy (non-hydrogen) atoms. The molecule has 0 bridgehead atoms. The van der Waals surface area contributed by atoms with Crippen molar-refractivity contribution in [3.63, 3.8) is 0 Å². The van der Waals surface area contributed by atoms with E-state index < -0.39 is 0 Å². The topological polar surface area (TPSA) is 51.6 Å². The molecule has 0 atom stereocenters. The molecule has 0 radical (unpaired) electrons. The van der Waals surface area contributed by atoms with Crippen LogP contribution in [-0.2, 0) is 0 Å². The van der Waals surface area contributed by atoms with Gasteiger partial charge in [0.25, 0.3) is 0 Å². The van der Waals surface area contributed by atoms with Crippen LogP contribution in [0.4, 0.5) is 0 Å². The Balaban J connectivity index is 2.57. The lowest BCUT2D eigenvalue weighted by Crippen LogP contribution is -1.96. The summed E-state index contributed by atoms with van der Waals surface area (Å²) in [6, 6.07) is 2.80. The van der Waals surface area contributed by atoms with Gasteiger partial charge >= 0.3 is 0 Å². The summed E-state index contributed by atoms with van der Waals surface area (Å²) in [5, 5.41) is 0.758. The van der Waals surface area contributed by atoms with Crippen LogP contribution in [0.5, 0.6) is 0 Å². The third-order valence-corrected chi connectivity index (χ3v) is 2.30. The molecule has 0 amide bonds. The van der Waals surface area contributed by atoms with Crippen molar-refractivity contribution in [1.29, 1.82) is 0 Å². The fraction of sp³-hybridized carbons (Fsp3) is 0. The first-order valence-corrected chi connectivity index (χ1v) is 5.46. The minimum absolute atomic E-state index is 0.168.